The average molecular weight is 272 g/mol. The summed E-state index contributed by atoms with van der Waals surface area (Å²) in [5, 5.41) is 0. The lowest BCUT2D eigenvalue weighted by Crippen LogP contribution is -2.17. The Hall–Kier alpha value is -1.06. The molecule has 0 aromatic heterocycles. The quantitative estimate of drug-likeness (QED) is 0.605. The minimum absolute atomic E-state index is 0.00247. The monoisotopic (exact) mass is 272 g/mol. The van der Waals surface area contributed by atoms with Gasteiger partial charge in [-0.2, -0.15) is 0 Å². The smallest absolute Gasteiger partial charge is 0.306 e. The fourth-order valence-corrected chi connectivity index (χ4v) is 1.44. The van der Waals surface area contributed by atoms with Gasteiger partial charge in [-0.15, -0.1) is 0 Å². The first-order chi connectivity index (χ1) is 8.81. The second kappa shape index (κ2) is 9.82. The van der Waals surface area contributed by atoms with E-state index in [2.05, 4.69) is 13.8 Å². The molecule has 0 saturated carbocycles. The summed E-state index contributed by atoms with van der Waals surface area (Å²) in [4.78, 5) is 22.8. The third-order valence-electron chi connectivity index (χ3n) is 2.58. The van der Waals surface area contributed by atoms with E-state index in [9.17, 15) is 9.59 Å². The Morgan fingerprint density at radius 2 is 1.42 bits per heavy atom. The molecule has 0 amide bonds. The van der Waals surface area contributed by atoms with Crippen LogP contribution in [0.3, 0.4) is 0 Å². The van der Waals surface area contributed by atoms with Crippen LogP contribution in [-0.2, 0) is 19.1 Å². The third kappa shape index (κ3) is 11.7. The molecular weight excluding hydrogens is 244 g/mol. The molecule has 0 bridgehead atoms. The molecule has 0 aliphatic heterocycles. The van der Waals surface area contributed by atoms with Gasteiger partial charge in [0.1, 0.15) is 0 Å². The second-order valence-electron chi connectivity index (χ2n) is 5.99. The molecule has 0 N–H and O–H groups in total. The molecule has 0 aromatic rings. The second-order valence-corrected chi connectivity index (χ2v) is 5.99. The van der Waals surface area contributed by atoms with Crippen molar-refractivity contribution in [3.05, 3.63) is 0 Å². The van der Waals surface area contributed by atoms with Crippen LogP contribution in [-0.4, -0.2) is 25.2 Å². The number of rotatable bonds is 9. The molecule has 1 unspecified atom stereocenters. The molecule has 0 aromatic carbocycles. The first kappa shape index (κ1) is 17.9. The Kier molecular flexibility index (Phi) is 9.27. The molecule has 19 heavy (non-hydrogen) atoms. The molecule has 0 aliphatic rings. The van der Waals surface area contributed by atoms with Gasteiger partial charge in [-0.1, -0.05) is 34.6 Å². The summed E-state index contributed by atoms with van der Waals surface area (Å²) in [5.41, 5.74) is 0. The Bertz CT molecular complexity index is 271. The molecule has 4 nitrogen and oxygen atoms in total. The van der Waals surface area contributed by atoms with Crippen molar-refractivity contribution in [3.8, 4) is 0 Å². The van der Waals surface area contributed by atoms with Gasteiger partial charge in [0.15, 0.2) is 0 Å². The predicted octanol–water partition coefficient (Wildman–Crippen LogP) is 3.19. The molecule has 0 aliphatic carbocycles. The summed E-state index contributed by atoms with van der Waals surface area (Å²) >= 11 is 0. The van der Waals surface area contributed by atoms with Gasteiger partial charge in [0.05, 0.1) is 19.6 Å². The molecule has 0 radical (unpaired) electrons. The molecule has 0 spiro atoms. The number of hydrogen-bond donors (Lipinski definition) is 0. The van der Waals surface area contributed by atoms with E-state index in [-0.39, 0.29) is 24.5 Å². The summed E-state index contributed by atoms with van der Waals surface area (Å²) in [6, 6.07) is 0. The van der Waals surface area contributed by atoms with Crippen molar-refractivity contribution >= 4 is 11.9 Å². The molecule has 0 saturated heterocycles. The van der Waals surface area contributed by atoms with Crippen molar-refractivity contribution < 1.29 is 19.1 Å². The van der Waals surface area contributed by atoms with E-state index in [1.807, 2.05) is 20.8 Å². The van der Waals surface area contributed by atoms with Crippen LogP contribution in [0.2, 0.25) is 0 Å². The fraction of sp³-hybridized carbons (Fsp3) is 0.867. The molecule has 4 heteroatoms. The van der Waals surface area contributed by atoms with E-state index in [0.717, 1.165) is 6.42 Å². The predicted molar refractivity (Wildman–Crippen MR) is 74.6 cm³/mol. The van der Waals surface area contributed by atoms with Crippen LogP contribution in [0.25, 0.3) is 0 Å². The maximum atomic E-state index is 11.5. The molecule has 0 fully saturated rings. The number of carbonyl (C=O) groups is 2. The van der Waals surface area contributed by atoms with Gasteiger partial charge in [-0.25, -0.2) is 0 Å². The van der Waals surface area contributed by atoms with Crippen LogP contribution in [0.4, 0.5) is 0 Å². The molecule has 0 heterocycles. The highest BCUT2D eigenvalue weighted by Crippen LogP contribution is 2.08. The van der Waals surface area contributed by atoms with Gasteiger partial charge >= 0.3 is 11.9 Å². The minimum atomic E-state index is -0.215. The van der Waals surface area contributed by atoms with Crippen LogP contribution in [0.15, 0.2) is 0 Å². The average Bonchev–Trinajstić information content (AvgIpc) is 2.24. The SMILES string of the molecule is CC(C)CCOC(=O)CC(C)COC(=O)CC(C)C. The van der Waals surface area contributed by atoms with E-state index in [0.29, 0.717) is 31.3 Å². The summed E-state index contributed by atoms with van der Waals surface area (Å²) < 4.78 is 10.2. The van der Waals surface area contributed by atoms with E-state index < -0.39 is 0 Å². The number of carbonyl (C=O) groups excluding carboxylic acids is 2. The van der Waals surface area contributed by atoms with Gasteiger partial charge < -0.3 is 9.47 Å². The van der Waals surface area contributed by atoms with Crippen LogP contribution in [0, 0.1) is 17.8 Å². The van der Waals surface area contributed by atoms with Crippen molar-refractivity contribution in [1.82, 2.24) is 0 Å². The van der Waals surface area contributed by atoms with Gasteiger partial charge in [0, 0.05) is 12.3 Å². The highest BCUT2D eigenvalue weighted by atomic mass is 16.5. The van der Waals surface area contributed by atoms with Gasteiger partial charge in [-0.05, 0) is 18.3 Å². The van der Waals surface area contributed by atoms with Crippen molar-refractivity contribution in [2.24, 2.45) is 17.8 Å². The maximum Gasteiger partial charge on any atom is 0.306 e. The Morgan fingerprint density at radius 1 is 0.842 bits per heavy atom. The zero-order chi connectivity index (χ0) is 14.8. The molecular formula is C15H28O4. The molecule has 0 rings (SSSR count). The van der Waals surface area contributed by atoms with E-state index >= 15 is 0 Å². The van der Waals surface area contributed by atoms with Gasteiger partial charge in [0.2, 0.25) is 0 Å². The number of ether oxygens (including phenoxy) is 2. The van der Waals surface area contributed by atoms with Crippen LogP contribution in [0.1, 0.15) is 53.9 Å². The van der Waals surface area contributed by atoms with Crippen LogP contribution < -0.4 is 0 Å². The van der Waals surface area contributed by atoms with Crippen LogP contribution >= 0.6 is 0 Å². The van der Waals surface area contributed by atoms with Crippen molar-refractivity contribution in [1.29, 1.82) is 0 Å². The minimum Gasteiger partial charge on any atom is -0.466 e. The van der Waals surface area contributed by atoms with Crippen molar-refractivity contribution in [2.45, 2.75) is 53.9 Å². The molecule has 112 valence electrons. The first-order valence-electron chi connectivity index (χ1n) is 7.12. The number of hydrogen-bond acceptors (Lipinski definition) is 4. The number of esters is 2. The van der Waals surface area contributed by atoms with Crippen molar-refractivity contribution in [3.63, 3.8) is 0 Å². The topological polar surface area (TPSA) is 52.6 Å². The zero-order valence-corrected chi connectivity index (χ0v) is 12.9. The Labute approximate surface area is 116 Å². The lowest BCUT2D eigenvalue weighted by Gasteiger charge is -2.13. The summed E-state index contributed by atoms with van der Waals surface area (Å²) in [7, 11) is 0. The Morgan fingerprint density at radius 3 is 1.95 bits per heavy atom. The van der Waals surface area contributed by atoms with E-state index in [1.165, 1.54) is 0 Å². The zero-order valence-electron chi connectivity index (χ0n) is 12.9. The highest BCUT2D eigenvalue weighted by molar-refractivity contribution is 5.70. The van der Waals surface area contributed by atoms with E-state index in [4.69, 9.17) is 9.47 Å². The summed E-state index contributed by atoms with van der Waals surface area (Å²) in [5.74, 6) is 0.414. The van der Waals surface area contributed by atoms with E-state index in [1.54, 1.807) is 0 Å². The third-order valence-corrected chi connectivity index (χ3v) is 2.58. The first-order valence-corrected chi connectivity index (χ1v) is 7.12. The van der Waals surface area contributed by atoms with Crippen LogP contribution in [0.5, 0.6) is 0 Å². The summed E-state index contributed by atoms with van der Waals surface area (Å²) in [6.07, 6.45) is 1.60. The fourth-order valence-electron chi connectivity index (χ4n) is 1.44. The summed E-state index contributed by atoms with van der Waals surface area (Å²) in [6.45, 7) is 10.7. The normalized spacial score (nSPS) is 12.6. The van der Waals surface area contributed by atoms with Crippen molar-refractivity contribution in [2.75, 3.05) is 13.2 Å². The largest absolute Gasteiger partial charge is 0.466 e. The molecule has 1 atom stereocenters. The van der Waals surface area contributed by atoms with Gasteiger partial charge in [0.25, 0.3) is 0 Å². The highest BCUT2D eigenvalue weighted by Gasteiger charge is 2.13. The standard InChI is InChI=1S/C15H28O4/c1-11(2)6-7-18-15(17)9-13(5)10-19-14(16)8-12(3)4/h11-13H,6-10H2,1-5H3. The Balaban J connectivity index is 3.70. The lowest BCUT2D eigenvalue weighted by atomic mass is 10.1. The lowest BCUT2D eigenvalue weighted by molar-refractivity contribution is -0.150. The van der Waals surface area contributed by atoms with Gasteiger partial charge in [-0.3, -0.25) is 9.59 Å². The maximum absolute atomic E-state index is 11.5.